The van der Waals surface area contributed by atoms with E-state index < -0.39 is 0 Å². The SMILES string of the molecule is O=C(c1ccco1)N1CCN(C(=O)C2CC2c2ccc(O)cc2)CC1. The van der Waals surface area contributed by atoms with E-state index in [1.165, 1.54) is 6.26 Å². The Balaban J connectivity index is 1.32. The topological polar surface area (TPSA) is 74.0 Å². The first-order chi connectivity index (χ1) is 12.1. The zero-order valence-corrected chi connectivity index (χ0v) is 13.8. The number of nitrogens with zero attached hydrogens (tertiary/aromatic N) is 2. The summed E-state index contributed by atoms with van der Waals surface area (Å²) in [6.07, 6.45) is 2.35. The van der Waals surface area contributed by atoms with Gasteiger partial charge in [-0.15, -0.1) is 0 Å². The summed E-state index contributed by atoms with van der Waals surface area (Å²) < 4.78 is 5.15. The fourth-order valence-electron chi connectivity index (χ4n) is 3.48. The van der Waals surface area contributed by atoms with Gasteiger partial charge >= 0.3 is 0 Å². The number of amides is 2. The lowest BCUT2D eigenvalue weighted by atomic mass is 10.1. The molecule has 0 spiro atoms. The van der Waals surface area contributed by atoms with Gasteiger partial charge < -0.3 is 19.3 Å². The average molecular weight is 340 g/mol. The molecule has 1 aromatic carbocycles. The van der Waals surface area contributed by atoms with Gasteiger partial charge in [-0.25, -0.2) is 0 Å². The van der Waals surface area contributed by atoms with E-state index >= 15 is 0 Å². The number of rotatable bonds is 3. The monoisotopic (exact) mass is 340 g/mol. The highest BCUT2D eigenvalue weighted by Gasteiger charge is 2.46. The van der Waals surface area contributed by atoms with Gasteiger partial charge in [-0.3, -0.25) is 9.59 Å². The first-order valence-corrected chi connectivity index (χ1v) is 8.54. The standard InChI is InChI=1S/C19H20N2O4/c22-14-5-3-13(4-6-14)15-12-16(15)18(23)20-7-9-21(10-8-20)19(24)17-2-1-11-25-17/h1-6,11,15-16,22H,7-10,12H2. The van der Waals surface area contributed by atoms with Gasteiger partial charge in [-0.2, -0.15) is 0 Å². The van der Waals surface area contributed by atoms with E-state index in [0.717, 1.165) is 12.0 Å². The quantitative estimate of drug-likeness (QED) is 0.928. The molecule has 0 radical (unpaired) electrons. The van der Waals surface area contributed by atoms with Crippen LogP contribution in [0.25, 0.3) is 0 Å². The van der Waals surface area contributed by atoms with Crippen LogP contribution >= 0.6 is 0 Å². The molecule has 2 aliphatic rings. The fourth-order valence-corrected chi connectivity index (χ4v) is 3.48. The molecule has 6 nitrogen and oxygen atoms in total. The third-order valence-corrected chi connectivity index (χ3v) is 5.04. The number of phenolic OH excluding ortho intramolecular Hbond substituents is 1. The molecule has 1 saturated heterocycles. The first-order valence-electron chi connectivity index (χ1n) is 8.54. The van der Waals surface area contributed by atoms with Crippen molar-refractivity contribution in [2.45, 2.75) is 12.3 Å². The van der Waals surface area contributed by atoms with Gasteiger partial charge in [0.2, 0.25) is 5.91 Å². The normalized spacial score (nSPS) is 22.7. The van der Waals surface area contributed by atoms with Crippen LogP contribution in [0.3, 0.4) is 0 Å². The fraction of sp³-hybridized carbons (Fsp3) is 0.368. The van der Waals surface area contributed by atoms with Gasteiger partial charge in [-0.1, -0.05) is 12.1 Å². The number of phenols is 1. The molecule has 2 atom stereocenters. The lowest BCUT2D eigenvalue weighted by Gasteiger charge is -2.34. The zero-order valence-electron chi connectivity index (χ0n) is 13.8. The molecule has 6 heteroatoms. The van der Waals surface area contributed by atoms with Gasteiger partial charge in [0, 0.05) is 32.1 Å². The van der Waals surface area contributed by atoms with Crippen LogP contribution in [0.5, 0.6) is 5.75 Å². The highest BCUT2D eigenvalue weighted by Crippen LogP contribution is 2.48. The van der Waals surface area contributed by atoms with Crippen LogP contribution in [-0.2, 0) is 4.79 Å². The number of benzene rings is 1. The van der Waals surface area contributed by atoms with Crippen LogP contribution in [0.1, 0.15) is 28.5 Å². The summed E-state index contributed by atoms with van der Waals surface area (Å²) in [7, 11) is 0. The third kappa shape index (κ3) is 3.12. The second-order valence-electron chi connectivity index (χ2n) is 6.64. The Hall–Kier alpha value is -2.76. The summed E-state index contributed by atoms with van der Waals surface area (Å²) in [5.74, 6) is 0.903. The lowest BCUT2D eigenvalue weighted by molar-refractivity contribution is -0.134. The summed E-state index contributed by atoms with van der Waals surface area (Å²) in [5, 5.41) is 9.36. The Labute approximate surface area is 145 Å². The van der Waals surface area contributed by atoms with Gasteiger partial charge in [0.05, 0.1) is 6.26 Å². The maximum atomic E-state index is 12.7. The highest BCUT2D eigenvalue weighted by molar-refractivity contribution is 5.91. The van der Waals surface area contributed by atoms with Crippen molar-refractivity contribution < 1.29 is 19.1 Å². The van der Waals surface area contributed by atoms with Gasteiger partial charge in [0.1, 0.15) is 5.75 Å². The molecule has 2 heterocycles. The molecule has 25 heavy (non-hydrogen) atoms. The van der Waals surface area contributed by atoms with E-state index in [1.54, 1.807) is 29.2 Å². The van der Waals surface area contributed by atoms with Crippen molar-refractivity contribution in [1.82, 2.24) is 9.80 Å². The molecule has 1 aromatic heterocycles. The Morgan fingerprint density at radius 3 is 2.32 bits per heavy atom. The molecule has 130 valence electrons. The number of carbonyl (C=O) groups is 2. The first kappa shape index (κ1) is 15.7. The van der Waals surface area contributed by atoms with Crippen molar-refractivity contribution in [2.24, 2.45) is 5.92 Å². The van der Waals surface area contributed by atoms with Crippen LogP contribution in [0.4, 0.5) is 0 Å². The molecule has 1 aliphatic heterocycles. The zero-order chi connectivity index (χ0) is 17.4. The number of aromatic hydroxyl groups is 1. The summed E-state index contributed by atoms with van der Waals surface area (Å²) in [6, 6.07) is 10.4. The minimum Gasteiger partial charge on any atom is -0.508 e. The van der Waals surface area contributed by atoms with E-state index in [0.29, 0.717) is 31.9 Å². The molecule has 2 aromatic rings. The maximum absolute atomic E-state index is 12.7. The number of furan rings is 1. The molecule has 1 N–H and O–H groups in total. The van der Waals surface area contributed by atoms with Crippen LogP contribution in [-0.4, -0.2) is 52.9 Å². The largest absolute Gasteiger partial charge is 0.508 e. The Bertz CT molecular complexity index is 761. The van der Waals surface area contributed by atoms with E-state index in [4.69, 9.17) is 4.42 Å². The number of hydrogen-bond donors (Lipinski definition) is 1. The van der Waals surface area contributed by atoms with E-state index in [-0.39, 0.29) is 29.4 Å². The third-order valence-electron chi connectivity index (χ3n) is 5.04. The van der Waals surface area contributed by atoms with Crippen LogP contribution in [0, 0.1) is 5.92 Å². The molecule has 0 bridgehead atoms. The van der Waals surface area contributed by atoms with Crippen molar-refractivity contribution in [3.05, 3.63) is 54.0 Å². The smallest absolute Gasteiger partial charge is 0.289 e. The summed E-state index contributed by atoms with van der Waals surface area (Å²) >= 11 is 0. The lowest BCUT2D eigenvalue weighted by Crippen LogP contribution is -2.51. The predicted octanol–water partition coefficient (Wildman–Crippen LogP) is 2.07. The minimum atomic E-state index is -0.120. The maximum Gasteiger partial charge on any atom is 0.289 e. The molecule has 1 saturated carbocycles. The van der Waals surface area contributed by atoms with E-state index in [9.17, 15) is 14.7 Å². The predicted molar refractivity (Wildman–Crippen MR) is 90.1 cm³/mol. The van der Waals surface area contributed by atoms with Crippen molar-refractivity contribution in [3.63, 3.8) is 0 Å². The summed E-state index contributed by atoms with van der Waals surface area (Å²) in [6.45, 7) is 2.18. The second kappa shape index (κ2) is 6.27. The van der Waals surface area contributed by atoms with Crippen LogP contribution in [0.2, 0.25) is 0 Å². The molecular weight excluding hydrogens is 320 g/mol. The van der Waals surface area contributed by atoms with Gasteiger partial charge in [0.25, 0.3) is 5.91 Å². The number of carbonyl (C=O) groups excluding carboxylic acids is 2. The van der Waals surface area contributed by atoms with Gasteiger partial charge in [-0.05, 0) is 42.2 Å². The molecule has 1 aliphatic carbocycles. The van der Waals surface area contributed by atoms with E-state index in [2.05, 4.69) is 0 Å². The van der Waals surface area contributed by atoms with Crippen molar-refractivity contribution in [1.29, 1.82) is 0 Å². The Morgan fingerprint density at radius 2 is 1.68 bits per heavy atom. The number of hydrogen-bond acceptors (Lipinski definition) is 4. The van der Waals surface area contributed by atoms with Crippen molar-refractivity contribution in [3.8, 4) is 5.75 Å². The number of piperazine rings is 1. The molecular formula is C19H20N2O4. The van der Waals surface area contributed by atoms with E-state index in [1.807, 2.05) is 17.0 Å². The molecule has 2 unspecified atom stereocenters. The van der Waals surface area contributed by atoms with Crippen LogP contribution < -0.4 is 0 Å². The van der Waals surface area contributed by atoms with Crippen molar-refractivity contribution in [2.75, 3.05) is 26.2 Å². The van der Waals surface area contributed by atoms with Crippen LogP contribution in [0.15, 0.2) is 47.1 Å². The Kier molecular flexibility index (Phi) is 3.95. The Morgan fingerprint density at radius 1 is 1.00 bits per heavy atom. The molecule has 4 rings (SSSR count). The summed E-state index contributed by atoms with van der Waals surface area (Å²) in [4.78, 5) is 28.5. The average Bonchev–Trinajstić information content (AvgIpc) is 3.25. The van der Waals surface area contributed by atoms with Gasteiger partial charge in [0.15, 0.2) is 5.76 Å². The summed E-state index contributed by atoms with van der Waals surface area (Å²) in [5.41, 5.74) is 1.10. The second-order valence-corrected chi connectivity index (χ2v) is 6.64. The highest BCUT2D eigenvalue weighted by atomic mass is 16.3. The molecule has 2 amide bonds. The molecule has 2 fully saturated rings. The minimum absolute atomic E-state index is 0.0249. The van der Waals surface area contributed by atoms with Crippen molar-refractivity contribution >= 4 is 11.8 Å².